The molecule has 0 aliphatic rings. The first kappa shape index (κ1) is 14.6. The quantitative estimate of drug-likeness (QED) is 0.742. The SMILES string of the molecule is COCC(O)CNC(=O)C(OC)c1ccccc1. The Labute approximate surface area is 107 Å². The van der Waals surface area contributed by atoms with E-state index in [0.717, 1.165) is 5.56 Å². The van der Waals surface area contributed by atoms with Crippen molar-refractivity contribution in [2.75, 3.05) is 27.4 Å². The second-order valence-electron chi connectivity index (χ2n) is 3.88. The third-order valence-corrected chi connectivity index (χ3v) is 2.45. The minimum absolute atomic E-state index is 0.138. The van der Waals surface area contributed by atoms with Crippen LogP contribution in [0.2, 0.25) is 0 Å². The van der Waals surface area contributed by atoms with Gasteiger partial charge in [-0.25, -0.2) is 0 Å². The number of hydrogen-bond donors (Lipinski definition) is 2. The first-order valence-electron chi connectivity index (χ1n) is 5.71. The molecular weight excluding hydrogens is 234 g/mol. The van der Waals surface area contributed by atoms with Crippen LogP contribution < -0.4 is 5.32 Å². The third kappa shape index (κ3) is 4.44. The number of aliphatic hydroxyl groups is 1. The Morgan fingerprint density at radius 3 is 2.56 bits per heavy atom. The first-order valence-corrected chi connectivity index (χ1v) is 5.71. The second kappa shape index (κ2) is 7.81. The third-order valence-electron chi connectivity index (χ3n) is 2.45. The van der Waals surface area contributed by atoms with Gasteiger partial charge < -0.3 is 19.9 Å². The van der Waals surface area contributed by atoms with Crippen LogP contribution in [0.15, 0.2) is 30.3 Å². The summed E-state index contributed by atoms with van der Waals surface area (Å²) in [5, 5.41) is 12.1. The molecule has 1 amide bonds. The molecule has 2 atom stereocenters. The number of carbonyl (C=O) groups excluding carboxylic acids is 1. The molecule has 5 nitrogen and oxygen atoms in total. The summed E-state index contributed by atoms with van der Waals surface area (Å²) in [6.07, 6.45) is -1.38. The van der Waals surface area contributed by atoms with Gasteiger partial charge in [0.15, 0.2) is 6.10 Å². The van der Waals surface area contributed by atoms with Crippen LogP contribution in [0, 0.1) is 0 Å². The number of carbonyl (C=O) groups is 1. The van der Waals surface area contributed by atoms with Crippen molar-refractivity contribution in [2.45, 2.75) is 12.2 Å². The van der Waals surface area contributed by atoms with Crippen LogP contribution in [0.3, 0.4) is 0 Å². The molecule has 0 aliphatic heterocycles. The standard InChI is InChI=1S/C13H19NO4/c1-17-9-11(15)8-14-13(16)12(18-2)10-6-4-3-5-7-10/h3-7,11-12,15H,8-9H2,1-2H3,(H,14,16). The van der Waals surface area contributed by atoms with Crippen LogP contribution in [-0.4, -0.2) is 44.5 Å². The second-order valence-corrected chi connectivity index (χ2v) is 3.88. The smallest absolute Gasteiger partial charge is 0.253 e. The van der Waals surface area contributed by atoms with Gasteiger partial charge in [-0.1, -0.05) is 30.3 Å². The van der Waals surface area contributed by atoms with E-state index >= 15 is 0 Å². The molecule has 1 aromatic rings. The number of benzene rings is 1. The number of rotatable bonds is 7. The topological polar surface area (TPSA) is 67.8 Å². The molecule has 0 aromatic heterocycles. The van der Waals surface area contributed by atoms with Crippen LogP contribution in [0.1, 0.15) is 11.7 Å². The van der Waals surface area contributed by atoms with Crippen LogP contribution >= 0.6 is 0 Å². The highest BCUT2D eigenvalue weighted by Crippen LogP contribution is 2.15. The average Bonchev–Trinajstić information content (AvgIpc) is 2.39. The summed E-state index contributed by atoms with van der Waals surface area (Å²) < 4.78 is 9.94. The maximum Gasteiger partial charge on any atom is 0.253 e. The zero-order valence-corrected chi connectivity index (χ0v) is 10.6. The lowest BCUT2D eigenvalue weighted by atomic mass is 10.1. The zero-order chi connectivity index (χ0) is 13.4. The molecule has 0 saturated carbocycles. The van der Waals surface area contributed by atoms with Crippen LogP contribution in [-0.2, 0) is 14.3 Å². The fraction of sp³-hybridized carbons (Fsp3) is 0.462. The van der Waals surface area contributed by atoms with E-state index in [1.54, 1.807) is 0 Å². The lowest BCUT2D eigenvalue weighted by Crippen LogP contribution is -2.37. The Kier molecular flexibility index (Phi) is 6.35. The summed E-state index contributed by atoms with van der Waals surface area (Å²) in [4.78, 5) is 11.9. The summed E-state index contributed by atoms with van der Waals surface area (Å²) in [6.45, 7) is 0.322. The molecule has 18 heavy (non-hydrogen) atoms. The molecule has 0 aliphatic carbocycles. The van der Waals surface area contributed by atoms with Crippen molar-refractivity contribution in [2.24, 2.45) is 0 Å². The lowest BCUT2D eigenvalue weighted by Gasteiger charge is -2.17. The summed E-state index contributed by atoms with van der Waals surface area (Å²) in [7, 11) is 2.97. The van der Waals surface area contributed by atoms with E-state index in [1.807, 2.05) is 30.3 Å². The molecule has 2 unspecified atom stereocenters. The van der Waals surface area contributed by atoms with Gasteiger partial charge in [-0.2, -0.15) is 0 Å². The van der Waals surface area contributed by atoms with Crippen LogP contribution in [0.4, 0.5) is 0 Å². The molecule has 0 heterocycles. The van der Waals surface area contributed by atoms with Gasteiger partial charge in [-0.05, 0) is 5.56 Å². The number of amides is 1. The van der Waals surface area contributed by atoms with E-state index in [1.165, 1.54) is 14.2 Å². The maximum atomic E-state index is 11.9. The fourth-order valence-electron chi connectivity index (χ4n) is 1.58. The number of ether oxygens (including phenoxy) is 2. The van der Waals surface area contributed by atoms with Gasteiger partial charge >= 0.3 is 0 Å². The highest BCUT2D eigenvalue weighted by molar-refractivity contribution is 5.82. The van der Waals surface area contributed by atoms with Gasteiger partial charge in [0.05, 0.1) is 12.7 Å². The molecule has 0 saturated heterocycles. The van der Waals surface area contributed by atoms with Gasteiger partial charge in [-0.15, -0.1) is 0 Å². The Balaban J connectivity index is 2.53. The number of methoxy groups -OCH3 is 2. The monoisotopic (exact) mass is 253 g/mol. The predicted octanol–water partition coefficient (Wildman–Crippen LogP) is 0.498. The highest BCUT2D eigenvalue weighted by atomic mass is 16.5. The molecular formula is C13H19NO4. The molecule has 0 fully saturated rings. The van der Waals surface area contributed by atoms with E-state index in [-0.39, 0.29) is 19.1 Å². The van der Waals surface area contributed by atoms with Crippen molar-refractivity contribution in [3.8, 4) is 0 Å². The van der Waals surface area contributed by atoms with Crippen LogP contribution in [0.5, 0.6) is 0 Å². The fourth-order valence-corrected chi connectivity index (χ4v) is 1.58. The van der Waals surface area contributed by atoms with E-state index < -0.39 is 12.2 Å². The Morgan fingerprint density at radius 2 is 2.00 bits per heavy atom. The molecule has 1 rings (SSSR count). The van der Waals surface area contributed by atoms with Gasteiger partial charge in [0.1, 0.15) is 0 Å². The van der Waals surface area contributed by atoms with Crippen molar-refractivity contribution >= 4 is 5.91 Å². The first-order chi connectivity index (χ1) is 8.69. The Bertz CT molecular complexity index is 355. The van der Waals surface area contributed by atoms with Crippen molar-refractivity contribution < 1.29 is 19.4 Å². The number of nitrogens with one attached hydrogen (secondary N) is 1. The van der Waals surface area contributed by atoms with Crippen molar-refractivity contribution in [1.29, 1.82) is 0 Å². The molecule has 0 bridgehead atoms. The summed E-state index contributed by atoms with van der Waals surface area (Å²) in [5.74, 6) is -0.279. The van der Waals surface area contributed by atoms with Crippen molar-refractivity contribution in [3.05, 3.63) is 35.9 Å². The normalized spacial score (nSPS) is 13.9. The van der Waals surface area contributed by atoms with E-state index in [4.69, 9.17) is 9.47 Å². The Hall–Kier alpha value is -1.43. The van der Waals surface area contributed by atoms with Gasteiger partial charge in [0.2, 0.25) is 0 Å². The van der Waals surface area contributed by atoms with Gasteiger partial charge in [0.25, 0.3) is 5.91 Å². The molecule has 2 N–H and O–H groups in total. The van der Waals surface area contributed by atoms with E-state index in [2.05, 4.69) is 5.32 Å². The molecule has 5 heteroatoms. The van der Waals surface area contributed by atoms with Crippen molar-refractivity contribution in [3.63, 3.8) is 0 Å². The minimum Gasteiger partial charge on any atom is -0.389 e. The predicted molar refractivity (Wildman–Crippen MR) is 67.1 cm³/mol. The largest absolute Gasteiger partial charge is 0.389 e. The van der Waals surface area contributed by atoms with Crippen LogP contribution in [0.25, 0.3) is 0 Å². The molecule has 0 radical (unpaired) electrons. The average molecular weight is 253 g/mol. The number of hydrogen-bond acceptors (Lipinski definition) is 4. The highest BCUT2D eigenvalue weighted by Gasteiger charge is 2.20. The summed E-state index contributed by atoms with van der Waals surface area (Å²) in [5.41, 5.74) is 0.777. The van der Waals surface area contributed by atoms with E-state index in [0.29, 0.717) is 0 Å². The molecule has 0 spiro atoms. The van der Waals surface area contributed by atoms with Crippen molar-refractivity contribution in [1.82, 2.24) is 5.32 Å². The van der Waals surface area contributed by atoms with E-state index in [9.17, 15) is 9.90 Å². The zero-order valence-electron chi connectivity index (χ0n) is 10.6. The summed E-state index contributed by atoms with van der Waals surface area (Å²) in [6, 6.07) is 9.19. The van der Waals surface area contributed by atoms with Gasteiger partial charge in [0, 0.05) is 20.8 Å². The number of aliphatic hydroxyl groups excluding tert-OH is 1. The Morgan fingerprint density at radius 1 is 1.33 bits per heavy atom. The summed E-state index contributed by atoms with van der Waals surface area (Å²) >= 11 is 0. The minimum atomic E-state index is -0.716. The maximum absolute atomic E-state index is 11.9. The molecule has 1 aromatic carbocycles. The lowest BCUT2D eigenvalue weighted by molar-refractivity contribution is -0.132. The van der Waals surface area contributed by atoms with Gasteiger partial charge in [-0.3, -0.25) is 4.79 Å². The molecule has 100 valence electrons.